The van der Waals surface area contributed by atoms with E-state index < -0.39 is 6.43 Å². The van der Waals surface area contributed by atoms with Crippen LogP contribution < -0.4 is 10.1 Å². The summed E-state index contributed by atoms with van der Waals surface area (Å²) in [5.41, 5.74) is 2.94. The molecule has 1 N–H and O–H groups in total. The number of nitrogens with one attached hydrogen (secondary N) is 1. The van der Waals surface area contributed by atoms with Gasteiger partial charge < -0.3 is 10.1 Å². The van der Waals surface area contributed by atoms with Crippen molar-refractivity contribution in [2.45, 2.75) is 40.2 Å². The standard InChI is InChI=1S/C19H21F2NO2/c1-4-18(23)22-16-8-6-5-7-14(16)11-24-17-10-13(3)12(2)9-15(17)19(20)21/h5-10,19H,4,11H2,1-3H3,(H,22,23). The SMILES string of the molecule is CCC(=O)Nc1ccccc1COc1cc(C)c(C)cc1C(F)F. The van der Waals surface area contributed by atoms with Crippen LogP contribution in [-0.2, 0) is 11.4 Å². The Morgan fingerprint density at radius 2 is 1.83 bits per heavy atom. The molecule has 0 aliphatic carbocycles. The van der Waals surface area contributed by atoms with Crippen LogP contribution in [0.4, 0.5) is 14.5 Å². The molecule has 0 radical (unpaired) electrons. The number of para-hydroxylation sites is 1. The zero-order valence-electron chi connectivity index (χ0n) is 14.0. The first-order chi connectivity index (χ1) is 11.4. The monoisotopic (exact) mass is 333 g/mol. The van der Waals surface area contributed by atoms with Crippen molar-refractivity contribution in [1.29, 1.82) is 0 Å². The topological polar surface area (TPSA) is 38.3 Å². The highest BCUT2D eigenvalue weighted by atomic mass is 19.3. The van der Waals surface area contributed by atoms with Gasteiger partial charge in [0.25, 0.3) is 6.43 Å². The lowest BCUT2D eigenvalue weighted by Gasteiger charge is -2.15. The van der Waals surface area contributed by atoms with Gasteiger partial charge in [-0.05, 0) is 43.2 Å². The normalized spacial score (nSPS) is 10.8. The van der Waals surface area contributed by atoms with Crippen LogP contribution in [0.15, 0.2) is 36.4 Å². The summed E-state index contributed by atoms with van der Waals surface area (Å²) in [5, 5.41) is 2.79. The van der Waals surface area contributed by atoms with Gasteiger partial charge in [-0.3, -0.25) is 4.79 Å². The van der Waals surface area contributed by atoms with Crippen molar-refractivity contribution in [2.24, 2.45) is 0 Å². The summed E-state index contributed by atoms with van der Waals surface area (Å²) in [4.78, 5) is 11.6. The van der Waals surface area contributed by atoms with Gasteiger partial charge in [-0.2, -0.15) is 0 Å². The van der Waals surface area contributed by atoms with Crippen LogP contribution >= 0.6 is 0 Å². The molecule has 0 spiro atoms. The smallest absolute Gasteiger partial charge is 0.267 e. The van der Waals surface area contributed by atoms with Crippen LogP contribution in [0, 0.1) is 13.8 Å². The second-order valence-corrected chi connectivity index (χ2v) is 5.62. The van der Waals surface area contributed by atoms with Gasteiger partial charge in [0.2, 0.25) is 5.91 Å². The first-order valence-corrected chi connectivity index (χ1v) is 7.82. The molecule has 128 valence electrons. The average Bonchev–Trinajstić information content (AvgIpc) is 2.56. The molecule has 5 heteroatoms. The van der Waals surface area contributed by atoms with Crippen molar-refractivity contribution < 1.29 is 18.3 Å². The van der Waals surface area contributed by atoms with Crippen LogP contribution in [0.25, 0.3) is 0 Å². The highest BCUT2D eigenvalue weighted by Crippen LogP contribution is 2.32. The van der Waals surface area contributed by atoms with E-state index in [1.165, 1.54) is 6.07 Å². The second-order valence-electron chi connectivity index (χ2n) is 5.62. The Bertz CT molecular complexity index is 729. The molecule has 0 aliphatic heterocycles. The largest absolute Gasteiger partial charge is 0.488 e. The molecule has 24 heavy (non-hydrogen) atoms. The molecular formula is C19H21F2NO2. The molecule has 0 heterocycles. The van der Waals surface area contributed by atoms with E-state index >= 15 is 0 Å². The zero-order chi connectivity index (χ0) is 17.7. The maximum Gasteiger partial charge on any atom is 0.267 e. The Hall–Kier alpha value is -2.43. The first-order valence-electron chi connectivity index (χ1n) is 7.82. The number of hydrogen-bond donors (Lipinski definition) is 1. The lowest BCUT2D eigenvalue weighted by Crippen LogP contribution is -2.12. The van der Waals surface area contributed by atoms with Gasteiger partial charge in [0.05, 0.1) is 5.56 Å². The predicted octanol–water partition coefficient (Wildman–Crippen LogP) is 5.17. The zero-order valence-corrected chi connectivity index (χ0v) is 14.0. The third-order valence-electron chi connectivity index (χ3n) is 3.86. The van der Waals surface area contributed by atoms with Crippen molar-refractivity contribution in [1.82, 2.24) is 0 Å². The first kappa shape index (κ1) is 17.9. The summed E-state index contributed by atoms with van der Waals surface area (Å²) in [6.07, 6.45) is -2.24. The molecule has 0 unspecified atom stereocenters. The molecular weight excluding hydrogens is 312 g/mol. The van der Waals surface area contributed by atoms with Gasteiger partial charge >= 0.3 is 0 Å². The van der Waals surface area contributed by atoms with E-state index in [0.29, 0.717) is 12.1 Å². The lowest BCUT2D eigenvalue weighted by atomic mass is 10.1. The number of carbonyl (C=O) groups excluding carboxylic acids is 1. The van der Waals surface area contributed by atoms with Gasteiger partial charge in [0, 0.05) is 17.7 Å². The summed E-state index contributed by atoms with van der Waals surface area (Å²) in [7, 11) is 0. The third-order valence-corrected chi connectivity index (χ3v) is 3.86. The Kier molecular flexibility index (Phi) is 5.90. The number of rotatable bonds is 6. The molecule has 0 aliphatic rings. The summed E-state index contributed by atoms with van der Waals surface area (Å²) in [5.74, 6) is 0.0617. The van der Waals surface area contributed by atoms with Crippen LogP contribution in [0.1, 0.15) is 42.0 Å². The molecule has 0 atom stereocenters. The number of ether oxygens (including phenoxy) is 1. The molecule has 0 saturated carbocycles. The maximum absolute atomic E-state index is 13.2. The minimum Gasteiger partial charge on any atom is -0.488 e. The molecule has 2 aromatic carbocycles. The Morgan fingerprint density at radius 1 is 1.17 bits per heavy atom. The van der Waals surface area contributed by atoms with Crippen LogP contribution in [0.3, 0.4) is 0 Å². The van der Waals surface area contributed by atoms with E-state index in [1.54, 1.807) is 38.1 Å². The molecule has 0 fully saturated rings. The summed E-state index contributed by atoms with van der Waals surface area (Å²) < 4.78 is 32.1. The van der Waals surface area contributed by atoms with E-state index in [0.717, 1.165) is 16.7 Å². The number of amides is 1. The van der Waals surface area contributed by atoms with E-state index in [2.05, 4.69) is 5.32 Å². The number of benzene rings is 2. The second kappa shape index (κ2) is 7.90. The highest BCUT2D eigenvalue weighted by Gasteiger charge is 2.16. The fraction of sp³-hybridized carbons (Fsp3) is 0.316. The maximum atomic E-state index is 13.2. The Labute approximate surface area is 140 Å². The number of carbonyl (C=O) groups is 1. The average molecular weight is 333 g/mol. The van der Waals surface area contributed by atoms with Crippen molar-refractivity contribution >= 4 is 11.6 Å². The van der Waals surface area contributed by atoms with E-state index in [-0.39, 0.29) is 23.8 Å². The summed E-state index contributed by atoms with van der Waals surface area (Å²) >= 11 is 0. The molecule has 2 aromatic rings. The highest BCUT2D eigenvalue weighted by molar-refractivity contribution is 5.91. The minimum absolute atomic E-state index is 0.0996. The van der Waals surface area contributed by atoms with Gasteiger partial charge in [-0.25, -0.2) is 8.78 Å². The molecule has 1 amide bonds. The molecule has 0 bridgehead atoms. The van der Waals surface area contributed by atoms with Gasteiger partial charge in [-0.15, -0.1) is 0 Å². The van der Waals surface area contributed by atoms with Crippen LogP contribution in [0.5, 0.6) is 5.75 Å². The summed E-state index contributed by atoms with van der Waals surface area (Å²) in [6.45, 7) is 5.51. The number of anilines is 1. The Morgan fingerprint density at radius 3 is 2.50 bits per heavy atom. The van der Waals surface area contributed by atoms with Gasteiger partial charge in [0.1, 0.15) is 12.4 Å². The number of aryl methyl sites for hydroxylation is 2. The van der Waals surface area contributed by atoms with Crippen molar-refractivity contribution in [3.05, 3.63) is 58.7 Å². The quantitative estimate of drug-likeness (QED) is 0.792. The number of halogens is 2. The van der Waals surface area contributed by atoms with Crippen LogP contribution in [-0.4, -0.2) is 5.91 Å². The fourth-order valence-electron chi connectivity index (χ4n) is 2.27. The van der Waals surface area contributed by atoms with Crippen molar-refractivity contribution in [2.75, 3.05) is 5.32 Å². The van der Waals surface area contributed by atoms with Gasteiger partial charge in [-0.1, -0.05) is 25.1 Å². The van der Waals surface area contributed by atoms with E-state index in [9.17, 15) is 13.6 Å². The predicted molar refractivity (Wildman–Crippen MR) is 90.6 cm³/mol. The van der Waals surface area contributed by atoms with E-state index in [4.69, 9.17) is 4.74 Å². The van der Waals surface area contributed by atoms with Crippen LogP contribution in [0.2, 0.25) is 0 Å². The number of hydrogen-bond acceptors (Lipinski definition) is 2. The van der Waals surface area contributed by atoms with E-state index in [1.807, 2.05) is 13.0 Å². The molecule has 3 nitrogen and oxygen atoms in total. The van der Waals surface area contributed by atoms with Gasteiger partial charge in [0.15, 0.2) is 0 Å². The minimum atomic E-state index is -2.60. The lowest BCUT2D eigenvalue weighted by molar-refractivity contribution is -0.115. The Balaban J connectivity index is 2.23. The number of alkyl halides is 2. The third kappa shape index (κ3) is 4.31. The fourth-order valence-corrected chi connectivity index (χ4v) is 2.27. The molecule has 2 rings (SSSR count). The molecule has 0 aromatic heterocycles. The summed E-state index contributed by atoms with van der Waals surface area (Å²) in [6, 6.07) is 10.3. The molecule has 0 saturated heterocycles. The van der Waals surface area contributed by atoms with Crippen molar-refractivity contribution in [3.63, 3.8) is 0 Å². The van der Waals surface area contributed by atoms with Crippen molar-refractivity contribution in [3.8, 4) is 5.75 Å².